The van der Waals surface area contributed by atoms with Crippen molar-refractivity contribution in [2.45, 2.75) is 24.5 Å². The van der Waals surface area contributed by atoms with Crippen LogP contribution in [0.3, 0.4) is 0 Å². The lowest BCUT2D eigenvalue weighted by molar-refractivity contribution is -0.116. The van der Waals surface area contributed by atoms with Gasteiger partial charge >= 0.3 is 0 Å². The molecule has 0 unspecified atom stereocenters. The Bertz CT molecular complexity index is 1020. The standard InChI is InChI=1S/C20H21N5O3S/c1-24-17(12-21-19(27)16-9-5-11-28-16)22-23-20(24)29-13-18(26)25-10-4-7-14-6-2-3-8-15(14)25/h2-3,5-6,8-9,11H,4,7,10,12-13H2,1H3,(H,21,27). The molecule has 9 heteroatoms. The van der Waals surface area contributed by atoms with E-state index in [0.29, 0.717) is 11.0 Å². The number of amides is 2. The van der Waals surface area contributed by atoms with E-state index in [1.54, 1.807) is 16.7 Å². The van der Waals surface area contributed by atoms with Crippen LogP contribution in [0.4, 0.5) is 5.69 Å². The van der Waals surface area contributed by atoms with Crippen molar-refractivity contribution < 1.29 is 14.0 Å². The molecule has 1 aromatic carbocycles. The highest BCUT2D eigenvalue weighted by Crippen LogP contribution is 2.28. The first kappa shape index (κ1) is 19.3. The van der Waals surface area contributed by atoms with Crippen LogP contribution in [0.2, 0.25) is 0 Å². The number of carbonyl (C=O) groups is 2. The Balaban J connectivity index is 1.35. The molecule has 0 bridgehead atoms. The number of carbonyl (C=O) groups excluding carboxylic acids is 2. The highest BCUT2D eigenvalue weighted by molar-refractivity contribution is 7.99. The Morgan fingerprint density at radius 2 is 2.07 bits per heavy atom. The molecule has 8 nitrogen and oxygen atoms in total. The first-order valence-electron chi connectivity index (χ1n) is 9.34. The number of aromatic nitrogens is 3. The Morgan fingerprint density at radius 3 is 2.90 bits per heavy atom. The van der Waals surface area contributed by atoms with Crippen molar-refractivity contribution >= 4 is 29.3 Å². The van der Waals surface area contributed by atoms with E-state index >= 15 is 0 Å². The Kier molecular flexibility index (Phi) is 5.66. The molecule has 2 amide bonds. The molecule has 0 saturated heterocycles. The predicted octanol–water partition coefficient (Wildman–Crippen LogP) is 2.41. The second-order valence-electron chi connectivity index (χ2n) is 6.68. The maximum absolute atomic E-state index is 12.8. The minimum Gasteiger partial charge on any atom is -0.459 e. The topological polar surface area (TPSA) is 93.3 Å². The zero-order valence-corrected chi connectivity index (χ0v) is 16.8. The molecule has 0 saturated carbocycles. The van der Waals surface area contributed by atoms with Crippen LogP contribution >= 0.6 is 11.8 Å². The molecular weight excluding hydrogens is 390 g/mol. The third kappa shape index (κ3) is 4.19. The fourth-order valence-electron chi connectivity index (χ4n) is 3.28. The molecule has 0 fully saturated rings. The molecular formula is C20H21N5O3S. The molecule has 1 aliphatic heterocycles. The number of thioether (sulfide) groups is 1. The van der Waals surface area contributed by atoms with Crippen molar-refractivity contribution in [3.63, 3.8) is 0 Å². The van der Waals surface area contributed by atoms with E-state index in [-0.39, 0.29) is 29.9 Å². The molecule has 1 aliphatic rings. The second-order valence-corrected chi connectivity index (χ2v) is 7.63. The number of furan rings is 1. The van der Waals surface area contributed by atoms with E-state index in [1.165, 1.54) is 23.6 Å². The number of aryl methyl sites for hydroxylation is 1. The van der Waals surface area contributed by atoms with E-state index in [2.05, 4.69) is 21.6 Å². The molecule has 1 N–H and O–H groups in total. The van der Waals surface area contributed by atoms with Crippen LogP contribution in [-0.2, 0) is 24.8 Å². The SMILES string of the molecule is Cn1c(CNC(=O)c2ccco2)nnc1SCC(=O)N1CCCc2ccccc21. The van der Waals surface area contributed by atoms with E-state index < -0.39 is 0 Å². The van der Waals surface area contributed by atoms with Crippen LogP contribution in [-0.4, -0.2) is 38.9 Å². The first-order valence-corrected chi connectivity index (χ1v) is 10.3. The number of hydrogen-bond donors (Lipinski definition) is 1. The van der Waals surface area contributed by atoms with Gasteiger partial charge in [0.05, 0.1) is 18.6 Å². The van der Waals surface area contributed by atoms with Gasteiger partial charge in [-0.05, 0) is 36.6 Å². The van der Waals surface area contributed by atoms with E-state index in [1.807, 2.05) is 30.1 Å². The Hall–Kier alpha value is -3.07. The smallest absolute Gasteiger partial charge is 0.287 e. The largest absolute Gasteiger partial charge is 0.459 e. The van der Waals surface area contributed by atoms with Crippen molar-refractivity contribution in [1.82, 2.24) is 20.1 Å². The van der Waals surface area contributed by atoms with Crippen LogP contribution in [0.25, 0.3) is 0 Å². The average molecular weight is 411 g/mol. The number of anilines is 1. The monoisotopic (exact) mass is 411 g/mol. The summed E-state index contributed by atoms with van der Waals surface area (Å²) in [6.07, 6.45) is 3.42. The van der Waals surface area contributed by atoms with Gasteiger partial charge in [-0.15, -0.1) is 10.2 Å². The third-order valence-corrected chi connectivity index (χ3v) is 5.82. The Labute approximate surface area is 172 Å². The van der Waals surface area contributed by atoms with Gasteiger partial charge in [0, 0.05) is 19.3 Å². The molecule has 0 aliphatic carbocycles. The lowest BCUT2D eigenvalue weighted by atomic mass is 10.0. The summed E-state index contributed by atoms with van der Waals surface area (Å²) >= 11 is 1.34. The third-order valence-electron chi connectivity index (χ3n) is 4.81. The van der Waals surface area contributed by atoms with E-state index in [4.69, 9.17) is 4.42 Å². The van der Waals surface area contributed by atoms with E-state index in [9.17, 15) is 9.59 Å². The van der Waals surface area contributed by atoms with Gasteiger partial charge in [-0.1, -0.05) is 30.0 Å². The number of rotatable bonds is 6. The molecule has 3 aromatic rings. The molecule has 0 spiro atoms. The predicted molar refractivity (Wildman–Crippen MR) is 109 cm³/mol. The molecule has 0 atom stereocenters. The molecule has 2 aromatic heterocycles. The van der Waals surface area contributed by atoms with Crippen molar-refractivity contribution in [2.24, 2.45) is 7.05 Å². The summed E-state index contributed by atoms with van der Waals surface area (Å²) in [7, 11) is 1.82. The summed E-state index contributed by atoms with van der Waals surface area (Å²) in [6, 6.07) is 11.3. The number of para-hydroxylation sites is 1. The summed E-state index contributed by atoms with van der Waals surface area (Å²) in [5.74, 6) is 0.861. The number of benzene rings is 1. The summed E-state index contributed by atoms with van der Waals surface area (Å²) in [6.45, 7) is 0.955. The van der Waals surface area contributed by atoms with Gasteiger partial charge in [0.25, 0.3) is 5.91 Å². The van der Waals surface area contributed by atoms with Crippen LogP contribution in [0.15, 0.2) is 52.2 Å². The van der Waals surface area contributed by atoms with Gasteiger partial charge in [0.1, 0.15) is 0 Å². The molecule has 0 radical (unpaired) electrons. The van der Waals surface area contributed by atoms with Crippen LogP contribution < -0.4 is 10.2 Å². The summed E-state index contributed by atoms with van der Waals surface area (Å²) in [5, 5.41) is 11.6. The maximum Gasteiger partial charge on any atom is 0.287 e. The van der Waals surface area contributed by atoms with Gasteiger partial charge in [0.2, 0.25) is 5.91 Å². The zero-order valence-electron chi connectivity index (χ0n) is 16.0. The van der Waals surface area contributed by atoms with Crippen molar-refractivity contribution in [2.75, 3.05) is 17.2 Å². The van der Waals surface area contributed by atoms with Gasteiger partial charge < -0.3 is 19.2 Å². The van der Waals surface area contributed by atoms with Crippen molar-refractivity contribution in [3.8, 4) is 0 Å². The summed E-state index contributed by atoms with van der Waals surface area (Å²) < 4.78 is 6.85. The molecule has 4 rings (SSSR count). The molecule has 150 valence electrons. The maximum atomic E-state index is 12.8. The van der Waals surface area contributed by atoms with Crippen LogP contribution in [0.1, 0.15) is 28.4 Å². The van der Waals surface area contributed by atoms with Gasteiger partial charge in [-0.25, -0.2) is 0 Å². The van der Waals surface area contributed by atoms with Crippen molar-refractivity contribution in [3.05, 3.63) is 59.8 Å². The number of nitrogens with one attached hydrogen (secondary N) is 1. The van der Waals surface area contributed by atoms with Gasteiger partial charge in [-0.3, -0.25) is 9.59 Å². The highest BCUT2D eigenvalue weighted by Gasteiger charge is 2.23. The first-order chi connectivity index (χ1) is 14.1. The minimum atomic E-state index is -0.314. The Morgan fingerprint density at radius 1 is 1.21 bits per heavy atom. The fraction of sp³-hybridized carbons (Fsp3) is 0.300. The highest BCUT2D eigenvalue weighted by atomic mass is 32.2. The number of hydrogen-bond acceptors (Lipinski definition) is 6. The fourth-order valence-corrected chi connectivity index (χ4v) is 4.08. The lowest BCUT2D eigenvalue weighted by Crippen LogP contribution is -2.36. The number of nitrogens with zero attached hydrogens (tertiary/aromatic N) is 4. The van der Waals surface area contributed by atoms with Gasteiger partial charge in [-0.2, -0.15) is 0 Å². The summed E-state index contributed by atoms with van der Waals surface area (Å²) in [5.41, 5.74) is 2.22. The van der Waals surface area contributed by atoms with E-state index in [0.717, 1.165) is 25.1 Å². The minimum absolute atomic E-state index is 0.0535. The summed E-state index contributed by atoms with van der Waals surface area (Å²) in [4.78, 5) is 26.6. The quantitative estimate of drug-likeness (QED) is 0.626. The zero-order chi connectivity index (χ0) is 20.2. The van der Waals surface area contributed by atoms with Gasteiger partial charge in [0.15, 0.2) is 16.7 Å². The van der Waals surface area contributed by atoms with Crippen LogP contribution in [0, 0.1) is 0 Å². The lowest BCUT2D eigenvalue weighted by Gasteiger charge is -2.29. The average Bonchev–Trinajstić information content (AvgIpc) is 3.40. The normalized spacial score (nSPS) is 13.2. The molecule has 3 heterocycles. The van der Waals surface area contributed by atoms with Crippen molar-refractivity contribution in [1.29, 1.82) is 0 Å². The molecule has 29 heavy (non-hydrogen) atoms. The van der Waals surface area contributed by atoms with Crippen LogP contribution in [0.5, 0.6) is 0 Å². The number of fused-ring (bicyclic) bond motifs is 1. The second kappa shape index (κ2) is 8.52.